The Morgan fingerprint density at radius 2 is 2.08 bits per heavy atom. The molecule has 1 aliphatic heterocycles. The van der Waals surface area contributed by atoms with Gasteiger partial charge in [-0.1, -0.05) is 29.8 Å². The van der Waals surface area contributed by atoms with Crippen molar-refractivity contribution >= 4 is 39.1 Å². The van der Waals surface area contributed by atoms with E-state index in [1.807, 2.05) is 12.1 Å². The summed E-state index contributed by atoms with van der Waals surface area (Å²) in [7, 11) is 0. The van der Waals surface area contributed by atoms with E-state index in [2.05, 4.69) is 4.98 Å². The van der Waals surface area contributed by atoms with Crippen LogP contribution in [0, 0.1) is 6.92 Å². The van der Waals surface area contributed by atoms with E-state index in [0.29, 0.717) is 44.8 Å². The molecule has 0 radical (unpaired) electrons. The lowest BCUT2D eigenvalue weighted by Crippen LogP contribution is -2.52. The van der Waals surface area contributed by atoms with Crippen molar-refractivity contribution in [1.29, 1.82) is 0 Å². The molecule has 1 N–H and O–H groups in total. The summed E-state index contributed by atoms with van der Waals surface area (Å²) in [5.74, 6) is -1.02. The Labute approximate surface area is 232 Å². The summed E-state index contributed by atoms with van der Waals surface area (Å²) in [5.41, 5.74) is -2.11. The Bertz CT molecular complexity index is 1630. The van der Waals surface area contributed by atoms with Crippen molar-refractivity contribution < 1.29 is 23.8 Å². The van der Waals surface area contributed by atoms with Crippen LogP contribution in [0.1, 0.15) is 50.3 Å². The first-order chi connectivity index (χ1) is 18.6. The van der Waals surface area contributed by atoms with Gasteiger partial charge in [0.2, 0.25) is 5.89 Å². The fourth-order valence-electron chi connectivity index (χ4n) is 4.75. The van der Waals surface area contributed by atoms with Crippen molar-refractivity contribution in [2.45, 2.75) is 64.5 Å². The predicted molar refractivity (Wildman–Crippen MR) is 146 cm³/mol. The Hall–Kier alpha value is -3.25. The van der Waals surface area contributed by atoms with Gasteiger partial charge in [-0.25, -0.2) is 19.1 Å². The second-order valence-electron chi connectivity index (χ2n) is 9.91. The monoisotopic (exact) mass is 573 g/mol. The van der Waals surface area contributed by atoms with Crippen LogP contribution in [0.15, 0.2) is 50.7 Å². The van der Waals surface area contributed by atoms with Crippen LogP contribution < -0.4 is 11.2 Å². The maximum atomic E-state index is 14.0. The highest BCUT2D eigenvalue weighted by molar-refractivity contribution is 7.22. The van der Waals surface area contributed by atoms with E-state index in [9.17, 15) is 19.5 Å². The van der Waals surface area contributed by atoms with Crippen LogP contribution in [0.5, 0.6) is 0 Å². The van der Waals surface area contributed by atoms with E-state index in [0.717, 1.165) is 17.4 Å². The number of benzene rings is 1. The number of halogens is 1. The molecule has 1 saturated heterocycles. The Morgan fingerprint density at radius 3 is 2.72 bits per heavy atom. The molecule has 1 unspecified atom stereocenters. The number of nitrogens with zero attached hydrogens (tertiary/aromatic N) is 3. The van der Waals surface area contributed by atoms with Gasteiger partial charge in [0.05, 0.1) is 23.0 Å². The molecule has 206 valence electrons. The van der Waals surface area contributed by atoms with Crippen molar-refractivity contribution in [3.63, 3.8) is 0 Å². The largest absolute Gasteiger partial charge is 0.480 e. The van der Waals surface area contributed by atoms with E-state index in [-0.39, 0.29) is 11.9 Å². The van der Waals surface area contributed by atoms with Crippen molar-refractivity contribution in [2.75, 3.05) is 6.61 Å². The molecule has 5 rings (SSSR count). The Morgan fingerprint density at radius 1 is 1.31 bits per heavy atom. The highest BCUT2D eigenvalue weighted by Gasteiger charge is 2.36. The highest BCUT2D eigenvalue weighted by Crippen LogP contribution is 2.37. The van der Waals surface area contributed by atoms with Crippen molar-refractivity contribution in [3.05, 3.63) is 73.7 Å². The van der Waals surface area contributed by atoms with Crippen molar-refractivity contribution in [1.82, 2.24) is 14.1 Å². The predicted octanol–water partition coefficient (Wildman–Crippen LogP) is 4.95. The van der Waals surface area contributed by atoms with Gasteiger partial charge >= 0.3 is 11.7 Å². The number of carboxylic acids is 1. The van der Waals surface area contributed by atoms with E-state index >= 15 is 0 Å². The Balaban J connectivity index is 1.75. The minimum absolute atomic E-state index is 0.0418. The van der Waals surface area contributed by atoms with Gasteiger partial charge in [-0.05, 0) is 51.7 Å². The molecule has 0 amide bonds. The molecule has 4 heterocycles. The summed E-state index contributed by atoms with van der Waals surface area (Å²) < 4.78 is 19.9. The van der Waals surface area contributed by atoms with E-state index in [4.69, 9.17) is 25.5 Å². The van der Waals surface area contributed by atoms with Gasteiger partial charge in [-0.3, -0.25) is 9.36 Å². The first-order valence-corrected chi connectivity index (χ1v) is 13.7. The number of carbonyl (C=O) groups is 1. The maximum absolute atomic E-state index is 14.0. The standard InChI is InChI=1S/C27H28ClN3O7S/c1-15-20-23(32)31(27(2,3)25(33)34)26(35)30(24(20)39-21(15)22-29-11-13-37-22)14-18(16-8-4-5-9-17(16)28)38-19-10-6-7-12-36-19/h4-5,8-9,11,13,18-19H,6-7,10,12,14H2,1-3H3,(H,33,34)/t18-,19?/m0/s1. The molecular weight excluding hydrogens is 546 g/mol. The fraction of sp³-hybridized carbons (Fsp3) is 0.407. The molecule has 12 heteroatoms. The highest BCUT2D eigenvalue weighted by atomic mass is 35.5. The number of rotatable bonds is 8. The van der Waals surface area contributed by atoms with Gasteiger partial charge in [-0.2, -0.15) is 0 Å². The van der Waals surface area contributed by atoms with Crippen LogP contribution in [0.4, 0.5) is 0 Å². The summed E-state index contributed by atoms with van der Waals surface area (Å²) in [6.07, 6.45) is 4.24. The molecule has 4 aromatic rings. The summed E-state index contributed by atoms with van der Waals surface area (Å²) in [4.78, 5) is 45.1. The lowest BCUT2D eigenvalue weighted by Gasteiger charge is -2.29. The third-order valence-electron chi connectivity index (χ3n) is 6.98. The average molecular weight is 574 g/mol. The first-order valence-electron chi connectivity index (χ1n) is 12.6. The molecule has 0 bridgehead atoms. The minimum atomic E-state index is -1.82. The van der Waals surface area contributed by atoms with Crippen LogP contribution in [0.2, 0.25) is 5.02 Å². The quantitative estimate of drug-likeness (QED) is 0.314. The van der Waals surface area contributed by atoms with E-state index in [1.54, 1.807) is 19.1 Å². The molecule has 0 spiro atoms. The zero-order chi connectivity index (χ0) is 27.9. The van der Waals surface area contributed by atoms with Crippen LogP contribution in [-0.2, 0) is 26.4 Å². The Kier molecular flexibility index (Phi) is 7.51. The average Bonchev–Trinajstić information content (AvgIpc) is 3.55. The van der Waals surface area contributed by atoms with E-state index in [1.165, 1.54) is 42.2 Å². The maximum Gasteiger partial charge on any atom is 0.333 e. The molecule has 1 fully saturated rings. The molecular formula is C27H28ClN3O7S. The molecule has 2 atom stereocenters. The van der Waals surface area contributed by atoms with Crippen LogP contribution >= 0.6 is 22.9 Å². The summed E-state index contributed by atoms with van der Waals surface area (Å²) >= 11 is 7.75. The molecule has 0 aliphatic carbocycles. The number of aliphatic carboxylic acids is 1. The zero-order valence-corrected chi connectivity index (χ0v) is 23.3. The van der Waals surface area contributed by atoms with Gasteiger partial charge in [-0.15, -0.1) is 11.3 Å². The van der Waals surface area contributed by atoms with Crippen molar-refractivity contribution in [3.8, 4) is 10.8 Å². The topological polar surface area (TPSA) is 126 Å². The summed E-state index contributed by atoms with van der Waals surface area (Å²) in [6.45, 7) is 4.89. The van der Waals surface area contributed by atoms with Crippen molar-refractivity contribution in [2.24, 2.45) is 0 Å². The number of hydrogen-bond acceptors (Lipinski definition) is 8. The van der Waals surface area contributed by atoms with Gasteiger partial charge in [0.1, 0.15) is 22.7 Å². The van der Waals surface area contributed by atoms with Crippen LogP contribution in [-0.4, -0.2) is 38.1 Å². The normalized spacial score (nSPS) is 17.0. The number of oxazole rings is 1. The molecule has 1 aliphatic rings. The van der Waals surface area contributed by atoms with Gasteiger partial charge in [0.15, 0.2) is 6.29 Å². The smallest absolute Gasteiger partial charge is 0.333 e. The third kappa shape index (κ3) is 4.95. The SMILES string of the molecule is Cc1c(-c2ncco2)sc2c1c(=O)n(C(C)(C)C(=O)O)c(=O)n2C[C@H](OC1CCCCO1)c1ccccc1Cl. The number of hydrogen-bond donors (Lipinski definition) is 1. The summed E-state index contributed by atoms with van der Waals surface area (Å²) in [5, 5.41) is 10.6. The van der Waals surface area contributed by atoms with Gasteiger partial charge in [0.25, 0.3) is 5.56 Å². The molecule has 0 saturated carbocycles. The number of aryl methyl sites for hydroxylation is 1. The fourth-order valence-corrected chi connectivity index (χ4v) is 6.25. The lowest BCUT2D eigenvalue weighted by atomic mass is 10.1. The number of carboxylic acid groups (broad SMARTS) is 1. The third-order valence-corrected chi connectivity index (χ3v) is 8.62. The number of thiophene rings is 1. The van der Waals surface area contributed by atoms with Crippen LogP contribution in [0.3, 0.4) is 0 Å². The van der Waals surface area contributed by atoms with Gasteiger partial charge < -0.3 is 19.0 Å². The second-order valence-corrected chi connectivity index (χ2v) is 11.3. The van der Waals surface area contributed by atoms with E-state index < -0.39 is 35.2 Å². The molecule has 1 aromatic carbocycles. The molecule has 10 nitrogen and oxygen atoms in total. The van der Waals surface area contributed by atoms with Gasteiger partial charge in [0, 0.05) is 17.2 Å². The molecule has 3 aromatic heterocycles. The van der Waals surface area contributed by atoms with Crippen LogP contribution in [0.25, 0.3) is 21.0 Å². The minimum Gasteiger partial charge on any atom is -0.480 e. The first kappa shape index (κ1) is 27.3. The molecule has 39 heavy (non-hydrogen) atoms. The summed E-state index contributed by atoms with van der Waals surface area (Å²) in [6, 6.07) is 7.16. The number of fused-ring (bicyclic) bond motifs is 1. The lowest BCUT2D eigenvalue weighted by molar-refractivity contribution is -0.192. The second kappa shape index (κ2) is 10.7. The number of ether oxygens (including phenoxy) is 2. The number of aromatic nitrogens is 3. The zero-order valence-electron chi connectivity index (χ0n) is 21.7.